The van der Waals surface area contributed by atoms with Crippen molar-refractivity contribution in [3.63, 3.8) is 0 Å². The van der Waals surface area contributed by atoms with Crippen LogP contribution in [0.25, 0.3) is 0 Å². The summed E-state index contributed by atoms with van der Waals surface area (Å²) in [5, 5.41) is 4.12. The first-order chi connectivity index (χ1) is 6.99. The maximum Gasteiger partial charge on any atom is 0.274 e. The zero-order valence-corrected chi connectivity index (χ0v) is 9.74. The molecule has 84 valence electrons. The van der Waals surface area contributed by atoms with Gasteiger partial charge in [0.05, 0.1) is 11.4 Å². The van der Waals surface area contributed by atoms with Gasteiger partial charge < -0.3 is 10.6 Å². The first kappa shape index (κ1) is 11.6. The molecule has 1 aromatic rings. The van der Waals surface area contributed by atoms with E-state index >= 15 is 0 Å². The Labute approximate surface area is 89.9 Å². The van der Waals surface area contributed by atoms with E-state index < -0.39 is 0 Å². The highest BCUT2D eigenvalue weighted by Gasteiger charge is 2.20. The molecule has 5 heteroatoms. The predicted molar refractivity (Wildman–Crippen MR) is 59.6 cm³/mol. The van der Waals surface area contributed by atoms with E-state index in [1.807, 2.05) is 6.92 Å². The van der Waals surface area contributed by atoms with Gasteiger partial charge in [0.15, 0.2) is 0 Å². The molecule has 0 bridgehead atoms. The fourth-order valence-corrected chi connectivity index (χ4v) is 1.55. The summed E-state index contributed by atoms with van der Waals surface area (Å²) in [6.45, 7) is 4.55. The first-order valence-corrected chi connectivity index (χ1v) is 5.03. The molecule has 0 atom stereocenters. The van der Waals surface area contributed by atoms with Gasteiger partial charge in [-0.05, 0) is 13.3 Å². The number of hydrogen-bond acceptors (Lipinski definition) is 3. The standard InChI is InChI=1S/C10H18N4O/c1-5-6-13(3)10(15)9-8(11)7(2)12-14(9)4/h5-6,11H2,1-4H3. The molecule has 5 nitrogen and oxygen atoms in total. The largest absolute Gasteiger partial charge is 0.395 e. The second kappa shape index (κ2) is 4.33. The molecular weight excluding hydrogens is 192 g/mol. The van der Waals surface area contributed by atoms with Gasteiger partial charge in [0.2, 0.25) is 0 Å². The van der Waals surface area contributed by atoms with Crippen LogP contribution >= 0.6 is 0 Å². The Bertz CT molecular complexity index is 370. The van der Waals surface area contributed by atoms with E-state index in [4.69, 9.17) is 5.73 Å². The topological polar surface area (TPSA) is 64.2 Å². The number of hydrogen-bond donors (Lipinski definition) is 1. The molecule has 0 aliphatic heterocycles. The van der Waals surface area contributed by atoms with Crippen molar-refractivity contribution >= 4 is 11.6 Å². The lowest BCUT2D eigenvalue weighted by molar-refractivity contribution is 0.0785. The fourth-order valence-electron chi connectivity index (χ4n) is 1.55. The quantitative estimate of drug-likeness (QED) is 0.802. The number of aromatic nitrogens is 2. The van der Waals surface area contributed by atoms with Crippen molar-refractivity contribution in [1.82, 2.24) is 14.7 Å². The van der Waals surface area contributed by atoms with E-state index in [0.29, 0.717) is 17.1 Å². The fraction of sp³-hybridized carbons (Fsp3) is 0.600. The summed E-state index contributed by atoms with van der Waals surface area (Å²) in [6, 6.07) is 0. The number of aryl methyl sites for hydroxylation is 2. The summed E-state index contributed by atoms with van der Waals surface area (Å²) in [4.78, 5) is 13.6. The Kier molecular flexibility index (Phi) is 3.34. The maximum atomic E-state index is 12.0. The zero-order chi connectivity index (χ0) is 11.6. The molecule has 0 unspecified atom stereocenters. The highest BCUT2D eigenvalue weighted by Crippen LogP contribution is 2.16. The molecule has 0 saturated heterocycles. The van der Waals surface area contributed by atoms with Crippen LogP contribution in [0.4, 0.5) is 5.69 Å². The third-order valence-electron chi connectivity index (χ3n) is 2.38. The van der Waals surface area contributed by atoms with Gasteiger partial charge in [-0.25, -0.2) is 0 Å². The van der Waals surface area contributed by atoms with Crippen molar-refractivity contribution in [3.05, 3.63) is 11.4 Å². The van der Waals surface area contributed by atoms with Crippen LogP contribution in [0, 0.1) is 6.92 Å². The van der Waals surface area contributed by atoms with Crippen molar-refractivity contribution < 1.29 is 4.79 Å². The number of rotatable bonds is 3. The average molecular weight is 210 g/mol. The molecule has 0 aliphatic carbocycles. The summed E-state index contributed by atoms with van der Waals surface area (Å²) in [7, 11) is 3.50. The van der Waals surface area contributed by atoms with Gasteiger partial charge >= 0.3 is 0 Å². The van der Waals surface area contributed by atoms with E-state index in [1.165, 1.54) is 0 Å². The lowest BCUT2D eigenvalue weighted by Gasteiger charge is -2.16. The molecule has 1 amide bonds. The molecule has 1 aromatic heterocycles. The SMILES string of the molecule is CCCN(C)C(=O)c1c(N)c(C)nn1C. The zero-order valence-electron chi connectivity index (χ0n) is 9.74. The molecule has 0 radical (unpaired) electrons. The molecular formula is C10H18N4O. The van der Waals surface area contributed by atoms with E-state index in [2.05, 4.69) is 5.10 Å². The number of carbonyl (C=O) groups is 1. The second-order valence-electron chi connectivity index (χ2n) is 3.70. The Morgan fingerprint density at radius 1 is 1.60 bits per heavy atom. The molecule has 1 heterocycles. The summed E-state index contributed by atoms with van der Waals surface area (Å²) in [5.41, 5.74) is 7.46. The molecule has 0 aliphatic rings. The van der Waals surface area contributed by atoms with Crippen LogP contribution < -0.4 is 5.73 Å². The van der Waals surface area contributed by atoms with Crippen molar-refractivity contribution in [2.24, 2.45) is 7.05 Å². The molecule has 15 heavy (non-hydrogen) atoms. The van der Waals surface area contributed by atoms with Crippen molar-refractivity contribution in [2.75, 3.05) is 19.3 Å². The van der Waals surface area contributed by atoms with E-state index in [0.717, 1.165) is 13.0 Å². The van der Waals surface area contributed by atoms with Gasteiger partial charge in [-0.15, -0.1) is 0 Å². The molecule has 0 saturated carbocycles. The van der Waals surface area contributed by atoms with Crippen LogP contribution in [0.2, 0.25) is 0 Å². The number of nitrogens with two attached hydrogens (primary N) is 1. The number of anilines is 1. The summed E-state index contributed by atoms with van der Waals surface area (Å²) < 4.78 is 1.54. The average Bonchev–Trinajstić information content (AvgIpc) is 2.41. The third-order valence-corrected chi connectivity index (χ3v) is 2.38. The lowest BCUT2D eigenvalue weighted by Crippen LogP contribution is -2.29. The molecule has 1 rings (SSSR count). The van der Waals surface area contributed by atoms with Crippen LogP contribution in [-0.4, -0.2) is 34.2 Å². The number of carbonyl (C=O) groups excluding carboxylic acids is 1. The van der Waals surface area contributed by atoms with Crippen molar-refractivity contribution in [2.45, 2.75) is 20.3 Å². The summed E-state index contributed by atoms with van der Waals surface area (Å²) in [5.74, 6) is -0.0718. The van der Waals surface area contributed by atoms with Gasteiger partial charge in [0.25, 0.3) is 5.91 Å². The van der Waals surface area contributed by atoms with Crippen LogP contribution in [-0.2, 0) is 7.05 Å². The molecule has 0 spiro atoms. The van der Waals surface area contributed by atoms with E-state index in [9.17, 15) is 4.79 Å². The van der Waals surface area contributed by atoms with Gasteiger partial charge in [-0.3, -0.25) is 9.48 Å². The Hall–Kier alpha value is -1.52. The Morgan fingerprint density at radius 2 is 2.20 bits per heavy atom. The minimum absolute atomic E-state index is 0.0718. The van der Waals surface area contributed by atoms with Gasteiger partial charge in [-0.1, -0.05) is 6.92 Å². The molecule has 0 aromatic carbocycles. The normalized spacial score (nSPS) is 10.4. The number of amides is 1. The van der Waals surface area contributed by atoms with Crippen LogP contribution in [0.15, 0.2) is 0 Å². The monoisotopic (exact) mass is 210 g/mol. The van der Waals surface area contributed by atoms with Crippen LogP contribution in [0.1, 0.15) is 29.5 Å². The number of nitrogen functional groups attached to an aromatic ring is 1. The summed E-state index contributed by atoms with van der Waals surface area (Å²) in [6.07, 6.45) is 0.930. The number of nitrogens with zero attached hydrogens (tertiary/aromatic N) is 3. The van der Waals surface area contributed by atoms with Crippen molar-refractivity contribution in [1.29, 1.82) is 0 Å². The minimum atomic E-state index is -0.0718. The van der Waals surface area contributed by atoms with Crippen LogP contribution in [0.5, 0.6) is 0 Å². The Morgan fingerprint density at radius 3 is 2.60 bits per heavy atom. The van der Waals surface area contributed by atoms with Gasteiger partial charge in [0.1, 0.15) is 5.69 Å². The second-order valence-corrected chi connectivity index (χ2v) is 3.70. The van der Waals surface area contributed by atoms with Gasteiger partial charge in [-0.2, -0.15) is 5.10 Å². The van der Waals surface area contributed by atoms with E-state index in [-0.39, 0.29) is 5.91 Å². The minimum Gasteiger partial charge on any atom is -0.395 e. The first-order valence-electron chi connectivity index (χ1n) is 5.03. The van der Waals surface area contributed by atoms with Crippen LogP contribution in [0.3, 0.4) is 0 Å². The highest BCUT2D eigenvalue weighted by atomic mass is 16.2. The predicted octanol–water partition coefficient (Wildman–Crippen LogP) is 0.793. The summed E-state index contributed by atoms with van der Waals surface area (Å²) >= 11 is 0. The Balaban J connectivity index is 3.00. The molecule has 2 N–H and O–H groups in total. The molecule has 0 fully saturated rings. The smallest absolute Gasteiger partial charge is 0.274 e. The lowest BCUT2D eigenvalue weighted by atomic mass is 10.2. The maximum absolute atomic E-state index is 12.0. The van der Waals surface area contributed by atoms with Crippen molar-refractivity contribution in [3.8, 4) is 0 Å². The van der Waals surface area contributed by atoms with Gasteiger partial charge in [0, 0.05) is 20.6 Å². The highest BCUT2D eigenvalue weighted by molar-refractivity contribution is 5.97. The third kappa shape index (κ3) is 2.11. The van der Waals surface area contributed by atoms with E-state index in [1.54, 1.807) is 30.6 Å².